The first-order valence-corrected chi connectivity index (χ1v) is 9.27. The van der Waals surface area contributed by atoms with Gasteiger partial charge in [0.2, 0.25) is 0 Å². The molecule has 2 aromatic carbocycles. The largest absolute Gasteiger partial charge is 0.495 e. The normalized spacial score (nSPS) is 11.3. The molecule has 0 radical (unpaired) electrons. The van der Waals surface area contributed by atoms with Crippen molar-refractivity contribution in [3.63, 3.8) is 0 Å². The summed E-state index contributed by atoms with van der Waals surface area (Å²) >= 11 is 5.96. The summed E-state index contributed by atoms with van der Waals surface area (Å²) in [5.74, 6) is -0.220. The zero-order chi connectivity index (χ0) is 21.4. The molecule has 0 saturated heterocycles. The first-order valence-electron chi connectivity index (χ1n) is 8.89. The lowest BCUT2D eigenvalue weighted by Crippen LogP contribution is -3.11. The minimum absolute atomic E-state index is 0.0820. The third kappa shape index (κ3) is 6.78. The van der Waals surface area contributed by atoms with Gasteiger partial charge in [-0.25, -0.2) is 0 Å². The molecule has 154 valence electrons. The molecule has 0 aliphatic heterocycles. The maximum absolute atomic E-state index is 12.3. The fourth-order valence-corrected chi connectivity index (χ4v) is 2.81. The van der Waals surface area contributed by atoms with Crippen LogP contribution in [0.3, 0.4) is 0 Å². The Hall–Kier alpha value is -3.10. The molecular weight excluding hydrogens is 396 g/mol. The average molecular weight is 420 g/mol. The highest BCUT2D eigenvalue weighted by atomic mass is 35.5. The molecule has 2 aromatic rings. The van der Waals surface area contributed by atoms with E-state index in [2.05, 4.69) is 16.0 Å². The number of amides is 3. The number of halogens is 1. The Labute approximate surface area is 174 Å². The summed E-state index contributed by atoms with van der Waals surface area (Å²) in [5, 5.41) is 8.49. The van der Waals surface area contributed by atoms with E-state index in [0.29, 0.717) is 32.6 Å². The van der Waals surface area contributed by atoms with E-state index in [1.54, 1.807) is 56.6 Å². The van der Waals surface area contributed by atoms with E-state index in [0.717, 1.165) is 0 Å². The highest BCUT2D eigenvalue weighted by Gasteiger charge is 2.16. The summed E-state index contributed by atoms with van der Waals surface area (Å²) in [6, 6.07) is 11.5. The first kappa shape index (κ1) is 22.2. The molecule has 4 N–H and O–H groups in total. The highest BCUT2D eigenvalue weighted by molar-refractivity contribution is 6.31. The molecule has 3 amide bonds. The molecule has 0 bridgehead atoms. The van der Waals surface area contributed by atoms with Gasteiger partial charge in [-0.05, 0) is 42.5 Å². The van der Waals surface area contributed by atoms with Crippen LogP contribution in [0, 0.1) is 0 Å². The zero-order valence-corrected chi connectivity index (χ0v) is 17.2. The van der Waals surface area contributed by atoms with Gasteiger partial charge in [0.05, 0.1) is 19.8 Å². The number of nitrogens with one attached hydrogen (secondary N) is 4. The fraction of sp³-hybridized carbons (Fsp3) is 0.250. The van der Waals surface area contributed by atoms with Crippen LogP contribution in [0.25, 0.3) is 0 Å². The Morgan fingerprint density at radius 3 is 2.21 bits per heavy atom. The number of quaternary nitrogens is 1. The van der Waals surface area contributed by atoms with Crippen molar-refractivity contribution in [1.29, 1.82) is 0 Å². The molecule has 0 aliphatic carbocycles. The molecule has 9 heteroatoms. The Balaban J connectivity index is 1.86. The van der Waals surface area contributed by atoms with Crippen LogP contribution in [0.4, 0.5) is 11.4 Å². The van der Waals surface area contributed by atoms with Gasteiger partial charge in [0, 0.05) is 23.3 Å². The fourth-order valence-electron chi connectivity index (χ4n) is 2.64. The number of carbonyl (C=O) groups is 3. The van der Waals surface area contributed by atoms with Crippen LogP contribution in [0.15, 0.2) is 42.5 Å². The van der Waals surface area contributed by atoms with E-state index in [4.69, 9.17) is 16.3 Å². The van der Waals surface area contributed by atoms with E-state index < -0.39 is 0 Å². The van der Waals surface area contributed by atoms with Gasteiger partial charge < -0.3 is 25.6 Å². The lowest BCUT2D eigenvalue weighted by atomic mass is 10.2. The molecule has 0 aliphatic rings. The quantitative estimate of drug-likeness (QED) is 0.508. The van der Waals surface area contributed by atoms with Crippen molar-refractivity contribution in [3.8, 4) is 5.75 Å². The molecule has 0 fully saturated rings. The van der Waals surface area contributed by atoms with Gasteiger partial charge in [0.15, 0.2) is 13.1 Å². The van der Waals surface area contributed by atoms with Crippen molar-refractivity contribution < 1.29 is 24.0 Å². The molecular formula is C20H24ClN4O4+. The van der Waals surface area contributed by atoms with Gasteiger partial charge in [0.1, 0.15) is 5.75 Å². The number of hydrogen-bond donors (Lipinski definition) is 4. The molecule has 0 spiro atoms. The number of likely N-dealkylation sites (N-methyl/N-ethyl adjacent to an activating group) is 1. The molecule has 0 heterocycles. The second-order valence-electron chi connectivity index (χ2n) is 6.41. The van der Waals surface area contributed by atoms with E-state index in [1.165, 1.54) is 7.11 Å². The molecule has 29 heavy (non-hydrogen) atoms. The topological polar surface area (TPSA) is 101 Å². The van der Waals surface area contributed by atoms with E-state index in [1.807, 2.05) is 0 Å². The number of benzene rings is 2. The van der Waals surface area contributed by atoms with Crippen molar-refractivity contribution in [1.82, 2.24) is 5.32 Å². The minimum atomic E-state index is -0.272. The van der Waals surface area contributed by atoms with Crippen molar-refractivity contribution in [2.45, 2.75) is 0 Å². The maximum atomic E-state index is 12.3. The van der Waals surface area contributed by atoms with Crippen LogP contribution in [0.2, 0.25) is 5.02 Å². The minimum Gasteiger partial charge on any atom is -0.495 e. The second-order valence-corrected chi connectivity index (χ2v) is 6.84. The van der Waals surface area contributed by atoms with E-state index >= 15 is 0 Å². The number of rotatable bonds is 8. The third-order valence-corrected chi connectivity index (χ3v) is 4.25. The lowest BCUT2D eigenvalue weighted by Gasteiger charge is -2.15. The van der Waals surface area contributed by atoms with Gasteiger partial charge in [-0.15, -0.1) is 0 Å². The monoisotopic (exact) mass is 419 g/mol. The number of hydrogen-bond acceptors (Lipinski definition) is 4. The van der Waals surface area contributed by atoms with E-state index in [-0.39, 0.29) is 30.8 Å². The summed E-state index contributed by atoms with van der Waals surface area (Å²) < 4.78 is 5.20. The molecule has 2 rings (SSSR count). The highest BCUT2D eigenvalue weighted by Crippen LogP contribution is 2.27. The number of anilines is 2. The Morgan fingerprint density at radius 1 is 1.00 bits per heavy atom. The van der Waals surface area contributed by atoms with Gasteiger partial charge in [-0.1, -0.05) is 11.6 Å². The third-order valence-electron chi connectivity index (χ3n) is 4.02. The maximum Gasteiger partial charge on any atom is 0.279 e. The smallest absolute Gasteiger partial charge is 0.279 e. The molecule has 0 saturated carbocycles. The summed E-state index contributed by atoms with van der Waals surface area (Å²) in [5.41, 5.74) is 1.54. The van der Waals surface area contributed by atoms with Crippen molar-refractivity contribution in [2.75, 3.05) is 44.9 Å². The van der Waals surface area contributed by atoms with Crippen molar-refractivity contribution >= 4 is 40.7 Å². The van der Waals surface area contributed by atoms with Crippen LogP contribution < -0.4 is 25.6 Å². The average Bonchev–Trinajstić information content (AvgIpc) is 2.67. The van der Waals surface area contributed by atoms with Crippen LogP contribution in [-0.4, -0.2) is 52.0 Å². The van der Waals surface area contributed by atoms with Crippen LogP contribution >= 0.6 is 11.6 Å². The van der Waals surface area contributed by atoms with Gasteiger partial charge >= 0.3 is 0 Å². The molecule has 1 unspecified atom stereocenters. The summed E-state index contributed by atoms with van der Waals surface area (Å²) in [6.45, 7) is 0.177. The first-order chi connectivity index (χ1) is 13.8. The van der Waals surface area contributed by atoms with Gasteiger partial charge in [0.25, 0.3) is 17.7 Å². The SMILES string of the molecule is CNC(=O)c1ccc(NC(=O)C[NH+](C)CC(=O)Nc2cc(Cl)ccc2OC)cc1. The Bertz CT molecular complexity index is 887. The van der Waals surface area contributed by atoms with Crippen molar-refractivity contribution in [3.05, 3.63) is 53.1 Å². The summed E-state index contributed by atoms with van der Waals surface area (Å²) in [7, 11) is 4.79. The lowest BCUT2D eigenvalue weighted by molar-refractivity contribution is -0.862. The van der Waals surface area contributed by atoms with Crippen LogP contribution in [0.1, 0.15) is 10.4 Å². The number of ether oxygens (including phenoxy) is 1. The predicted molar refractivity (Wildman–Crippen MR) is 112 cm³/mol. The molecule has 0 aromatic heterocycles. The Morgan fingerprint density at radius 2 is 1.62 bits per heavy atom. The van der Waals surface area contributed by atoms with E-state index in [9.17, 15) is 14.4 Å². The number of carbonyl (C=O) groups excluding carboxylic acids is 3. The van der Waals surface area contributed by atoms with Crippen LogP contribution in [0.5, 0.6) is 5.75 Å². The zero-order valence-electron chi connectivity index (χ0n) is 16.5. The molecule has 8 nitrogen and oxygen atoms in total. The summed E-state index contributed by atoms with van der Waals surface area (Å²) in [4.78, 5) is 36.7. The van der Waals surface area contributed by atoms with Crippen molar-refractivity contribution in [2.24, 2.45) is 0 Å². The van der Waals surface area contributed by atoms with Gasteiger partial charge in [-0.3, -0.25) is 14.4 Å². The van der Waals surface area contributed by atoms with Gasteiger partial charge in [-0.2, -0.15) is 0 Å². The second kappa shape index (κ2) is 10.4. The summed E-state index contributed by atoms with van der Waals surface area (Å²) in [6.07, 6.45) is 0. The molecule has 1 atom stereocenters. The van der Waals surface area contributed by atoms with Crippen LogP contribution in [-0.2, 0) is 9.59 Å². The number of methoxy groups -OCH3 is 1. The predicted octanol–water partition coefficient (Wildman–Crippen LogP) is 0.800. The Kier molecular flexibility index (Phi) is 7.99. The standard InChI is InChI=1S/C20H23ClN4O4/c1-22-20(28)13-4-7-15(8-5-13)23-18(26)11-25(2)12-19(27)24-16-10-14(21)6-9-17(16)29-3/h4-10H,11-12H2,1-3H3,(H,22,28)(H,23,26)(H,24,27)/p+1.